The molecule has 1 heterocycles. The van der Waals surface area contributed by atoms with Gasteiger partial charge in [-0.1, -0.05) is 29.8 Å². The first-order chi connectivity index (χ1) is 11.1. The molecule has 0 aliphatic carbocycles. The molecule has 4 nitrogen and oxygen atoms in total. The second-order valence-corrected chi connectivity index (χ2v) is 5.33. The van der Waals surface area contributed by atoms with Crippen LogP contribution in [0.2, 0.25) is 5.02 Å². The molecule has 0 saturated carbocycles. The van der Waals surface area contributed by atoms with Crippen molar-refractivity contribution in [1.82, 2.24) is 15.1 Å². The molecule has 116 valence electrons. The molecule has 1 N–H and O–H groups in total. The molecular formula is C17H13ClFN3O. The van der Waals surface area contributed by atoms with E-state index in [1.54, 1.807) is 24.4 Å². The number of halogens is 2. The Labute approximate surface area is 137 Å². The molecule has 0 aliphatic rings. The van der Waals surface area contributed by atoms with Gasteiger partial charge in [-0.25, -0.2) is 9.07 Å². The second kappa shape index (κ2) is 6.62. The summed E-state index contributed by atoms with van der Waals surface area (Å²) in [5.41, 5.74) is 1.94. The summed E-state index contributed by atoms with van der Waals surface area (Å²) in [6, 6.07) is 13.2. The molecule has 1 aromatic heterocycles. The van der Waals surface area contributed by atoms with E-state index in [4.69, 9.17) is 11.6 Å². The van der Waals surface area contributed by atoms with Gasteiger partial charge in [0.1, 0.15) is 5.82 Å². The Morgan fingerprint density at radius 1 is 1.17 bits per heavy atom. The highest BCUT2D eigenvalue weighted by atomic mass is 35.5. The summed E-state index contributed by atoms with van der Waals surface area (Å²) in [6.07, 6.45) is 3.06. The van der Waals surface area contributed by atoms with E-state index in [1.165, 1.54) is 23.0 Å². The summed E-state index contributed by atoms with van der Waals surface area (Å²) in [4.78, 5) is 12.2. The summed E-state index contributed by atoms with van der Waals surface area (Å²) in [6.45, 7) is 0.334. The summed E-state index contributed by atoms with van der Waals surface area (Å²) in [7, 11) is 0. The highest BCUT2D eigenvalue weighted by molar-refractivity contribution is 6.31. The number of nitrogens with one attached hydrogen (secondary N) is 1. The van der Waals surface area contributed by atoms with Crippen molar-refractivity contribution in [3.05, 3.63) is 82.9 Å². The predicted octanol–water partition coefficient (Wildman–Crippen LogP) is 3.59. The fourth-order valence-corrected chi connectivity index (χ4v) is 2.30. The van der Waals surface area contributed by atoms with Crippen molar-refractivity contribution in [3.63, 3.8) is 0 Å². The summed E-state index contributed by atoms with van der Waals surface area (Å²) in [5.74, 6) is -0.572. The zero-order valence-corrected chi connectivity index (χ0v) is 12.8. The average Bonchev–Trinajstić information content (AvgIpc) is 3.04. The van der Waals surface area contributed by atoms with Crippen LogP contribution >= 0.6 is 11.6 Å². The lowest BCUT2D eigenvalue weighted by Crippen LogP contribution is -2.22. The van der Waals surface area contributed by atoms with Crippen LogP contribution in [-0.2, 0) is 6.54 Å². The minimum atomic E-state index is -0.321. The molecule has 3 aromatic rings. The third kappa shape index (κ3) is 3.57. The van der Waals surface area contributed by atoms with Crippen molar-refractivity contribution in [2.75, 3.05) is 0 Å². The molecule has 0 unspecified atom stereocenters. The topological polar surface area (TPSA) is 46.9 Å². The largest absolute Gasteiger partial charge is 0.348 e. The van der Waals surface area contributed by atoms with Crippen molar-refractivity contribution < 1.29 is 9.18 Å². The van der Waals surface area contributed by atoms with E-state index < -0.39 is 0 Å². The van der Waals surface area contributed by atoms with Crippen molar-refractivity contribution in [2.24, 2.45) is 0 Å². The fraction of sp³-hybridized carbons (Fsp3) is 0.0588. The van der Waals surface area contributed by atoms with E-state index in [0.717, 1.165) is 5.56 Å². The number of hydrogen-bond acceptors (Lipinski definition) is 2. The van der Waals surface area contributed by atoms with E-state index in [-0.39, 0.29) is 11.7 Å². The minimum Gasteiger partial charge on any atom is -0.348 e. The molecule has 0 aliphatic heterocycles. The standard InChI is InChI=1S/C17H13ClFN3O/c18-16-4-2-1-3-12(16)9-20-17(23)13-10-21-22(11-13)15-7-5-14(19)6-8-15/h1-8,10-11H,9H2,(H,20,23). The first-order valence-electron chi connectivity index (χ1n) is 6.96. The number of amides is 1. The fourth-order valence-electron chi connectivity index (χ4n) is 2.09. The third-order valence-electron chi connectivity index (χ3n) is 3.33. The summed E-state index contributed by atoms with van der Waals surface area (Å²) < 4.78 is 14.4. The Morgan fingerprint density at radius 3 is 2.65 bits per heavy atom. The molecule has 2 aromatic carbocycles. The predicted molar refractivity (Wildman–Crippen MR) is 86.1 cm³/mol. The normalized spacial score (nSPS) is 10.5. The van der Waals surface area contributed by atoms with Crippen molar-refractivity contribution >= 4 is 17.5 Å². The zero-order chi connectivity index (χ0) is 16.2. The van der Waals surface area contributed by atoms with E-state index in [9.17, 15) is 9.18 Å². The van der Waals surface area contributed by atoms with Crippen LogP contribution in [0, 0.1) is 5.82 Å². The number of carbonyl (C=O) groups excluding carboxylic acids is 1. The van der Waals surface area contributed by atoms with Crippen LogP contribution in [0.1, 0.15) is 15.9 Å². The van der Waals surface area contributed by atoms with E-state index in [2.05, 4.69) is 10.4 Å². The maximum Gasteiger partial charge on any atom is 0.254 e. The van der Waals surface area contributed by atoms with Crippen LogP contribution in [0.3, 0.4) is 0 Å². The first kappa shape index (κ1) is 15.2. The lowest BCUT2D eigenvalue weighted by Gasteiger charge is -2.05. The molecule has 3 rings (SSSR count). The molecule has 0 fully saturated rings. The molecular weight excluding hydrogens is 317 g/mol. The maximum atomic E-state index is 12.9. The molecule has 23 heavy (non-hydrogen) atoms. The Kier molecular flexibility index (Phi) is 4.39. The van der Waals surface area contributed by atoms with E-state index in [0.29, 0.717) is 22.8 Å². The van der Waals surface area contributed by atoms with Gasteiger partial charge >= 0.3 is 0 Å². The lowest BCUT2D eigenvalue weighted by molar-refractivity contribution is 0.0951. The minimum absolute atomic E-state index is 0.252. The highest BCUT2D eigenvalue weighted by Gasteiger charge is 2.10. The molecule has 1 amide bonds. The van der Waals surface area contributed by atoms with Crippen molar-refractivity contribution in [3.8, 4) is 5.69 Å². The van der Waals surface area contributed by atoms with Crippen LogP contribution in [-0.4, -0.2) is 15.7 Å². The second-order valence-electron chi connectivity index (χ2n) is 4.92. The number of benzene rings is 2. The Balaban J connectivity index is 1.69. The Morgan fingerprint density at radius 2 is 1.91 bits per heavy atom. The number of hydrogen-bond donors (Lipinski definition) is 1. The van der Waals surface area contributed by atoms with Gasteiger partial charge in [0, 0.05) is 17.8 Å². The van der Waals surface area contributed by atoms with Crippen molar-refractivity contribution in [1.29, 1.82) is 0 Å². The van der Waals surface area contributed by atoms with Gasteiger partial charge in [-0.15, -0.1) is 0 Å². The number of rotatable bonds is 4. The van der Waals surface area contributed by atoms with Gasteiger partial charge in [0.2, 0.25) is 0 Å². The van der Waals surface area contributed by atoms with Crippen LogP contribution in [0.5, 0.6) is 0 Å². The van der Waals surface area contributed by atoms with E-state index >= 15 is 0 Å². The van der Waals surface area contributed by atoms with Gasteiger partial charge < -0.3 is 5.32 Å². The van der Waals surface area contributed by atoms with Crippen molar-refractivity contribution in [2.45, 2.75) is 6.54 Å². The third-order valence-corrected chi connectivity index (χ3v) is 3.70. The Hall–Kier alpha value is -2.66. The summed E-state index contributed by atoms with van der Waals surface area (Å²) in [5, 5.41) is 7.52. The van der Waals surface area contributed by atoms with Gasteiger partial charge in [-0.05, 0) is 35.9 Å². The summed E-state index contributed by atoms with van der Waals surface area (Å²) >= 11 is 6.05. The lowest BCUT2D eigenvalue weighted by atomic mass is 10.2. The van der Waals surface area contributed by atoms with E-state index in [1.807, 2.05) is 18.2 Å². The first-order valence-corrected chi connectivity index (χ1v) is 7.33. The molecule has 0 atom stereocenters. The van der Waals surface area contributed by atoms with Crippen LogP contribution < -0.4 is 5.32 Å². The number of nitrogens with zero attached hydrogens (tertiary/aromatic N) is 2. The number of aromatic nitrogens is 2. The van der Waals surface area contributed by atoms with Crippen LogP contribution in [0.25, 0.3) is 5.69 Å². The zero-order valence-electron chi connectivity index (χ0n) is 12.0. The van der Waals surface area contributed by atoms with Crippen LogP contribution in [0.15, 0.2) is 60.9 Å². The van der Waals surface area contributed by atoms with Gasteiger partial charge in [-0.3, -0.25) is 4.79 Å². The quantitative estimate of drug-likeness (QED) is 0.795. The monoisotopic (exact) mass is 329 g/mol. The molecule has 0 radical (unpaired) electrons. The SMILES string of the molecule is O=C(NCc1ccccc1Cl)c1cnn(-c2ccc(F)cc2)c1. The average molecular weight is 330 g/mol. The Bertz CT molecular complexity index is 830. The van der Waals surface area contributed by atoms with Crippen LogP contribution in [0.4, 0.5) is 4.39 Å². The van der Waals surface area contributed by atoms with Gasteiger partial charge in [0.05, 0.1) is 17.4 Å². The molecule has 6 heteroatoms. The maximum absolute atomic E-state index is 12.9. The molecule has 0 spiro atoms. The number of carbonyl (C=O) groups is 1. The van der Waals surface area contributed by atoms with Gasteiger partial charge in [-0.2, -0.15) is 5.10 Å². The highest BCUT2D eigenvalue weighted by Crippen LogP contribution is 2.15. The van der Waals surface area contributed by atoms with Gasteiger partial charge in [0.25, 0.3) is 5.91 Å². The smallest absolute Gasteiger partial charge is 0.254 e. The molecule has 0 bridgehead atoms. The molecule has 0 saturated heterocycles. The van der Waals surface area contributed by atoms with Gasteiger partial charge in [0.15, 0.2) is 0 Å².